The summed E-state index contributed by atoms with van der Waals surface area (Å²) in [6.45, 7) is 10.3. The molecular weight excluding hydrogens is 324 g/mol. The molecule has 0 saturated heterocycles. The molecule has 4 aliphatic rings. The van der Waals surface area contributed by atoms with Crippen molar-refractivity contribution < 1.29 is 14.3 Å². The SMILES string of the molecule is CC(C)[C@H]1CCC2C3C(=O)C[C@@H]4CC(OC=O)CC[C@]4(C)C3CC[C@@]21C. The zero-order chi connectivity index (χ0) is 18.7. The third kappa shape index (κ3) is 2.52. The Morgan fingerprint density at radius 1 is 1.04 bits per heavy atom. The molecule has 0 heterocycles. The van der Waals surface area contributed by atoms with Gasteiger partial charge in [-0.05, 0) is 85.4 Å². The molecule has 0 aromatic heterocycles. The summed E-state index contributed by atoms with van der Waals surface area (Å²) in [6, 6.07) is 0. The molecule has 8 atom stereocenters. The van der Waals surface area contributed by atoms with Crippen molar-refractivity contribution >= 4 is 12.3 Å². The second-order valence-electron chi connectivity index (χ2n) is 10.7. The lowest BCUT2D eigenvalue weighted by Gasteiger charge is -2.60. The maximum atomic E-state index is 13.3. The fraction of sp³-hybridized carbons (Fsp3) is 0.913. The number of ketones is 1. The molecule has 4 rings (SSSR count). The highest BCUT2D eigenvalue weighted by Crippen LogP contribution is 2.67. The minimum atomic E-state index is 0.0283. The molecule has 4 aliphatic carbocycles. The van der Waals surface area contributed by atoms with Crippen LogP contribution in [0.4, 0.5) is 0 Å². The van der Waals surface area contributed by atoms with E-state index in [0.29, 0.717) is 41.3 Å². The standard InChI is InChI=1S/C23H36O3/c1-14(2)17-5-6-18-21-19(8-10-23(17,18)4)22(3)9-7-16(26-13-24)11-15(22)12-20(21)25/h13-19,21H,5-12H2,1-4H3/t15-,16?,17+,18?,19?,21?,22-,23+/m0/s1. The van der Waals surface area contributed by atoms with Crippen LogP contribution in [0.5, 0.6) is 0 Å². The summed E-state index contributed by atoms with van der Waals surface area (Å²) in [5, 5.41) is 0. The van der Waals surface area contributed by atoms with E-state index in [9.17, 15) is 9.59 Å². The maximum absolute atomic E-state index is 13.3. The van der Waals surface area contributed by atoms with Gasteiger partial charge in [0.15, 0.2) is 0 Å². The summed E-state index contributed by atoms with van der Waals surface area (Å²) < 4.78 is 5.28. The Labute approximate surface area is 158 Å². The first-order chi connectivity index (χ1) is 12.3. The van der Waals surface area contributed by atoms with Crippen LogP contribution in [0.2, 0.25) is 0 Å². The van der Waals surface area contributed by atoms with E-state index in [1.165, 1.54) is 25.7 Å². The molecule has 0 N–H and O–H groups in total. The Morgan fingerprint density at radius 3 is 2.42 bits per heavy atom. The number of carbonyl (C=O) groups excluding carboxylic acids is 2. The summed E-state index contributed by atoms with van der Waals surface area (Å²) in [4.78, 5) is 24.1. The van der Waals surface area contributed by atoms with Gasteiger partial charge in [-0.25, -0.2) is 0 Å². The van der Waals surface area contributed by atoms with Gasteiger partial charge in [-0.15, -0.1) is 0 Å². The fourth-order valence-electron chi connectivity index (χ4n) is 8.23. The first kappa shape index (κ1) is 18.5. The number of rotatable bonds is 3. The van der Waals surface area contributed by atoms with Crippen molar-refractivity contribution in [3.05, 3.63) is 0 Å². The normalized spacial score (nSPS) is 50.7. The van der Waals surface area contributed by atoms with Gasteiger partial charge in [-0.2, -0.15) is 0 Å². The van der Waals surface area contributed by atoms with Gasteiger partial charge in [0.25, 0.3) is 6.47 Å². The first-order valence-corrected chi connectivity index (χ1v) is 10.9. The van der Waals surface area contributed by atoms with Gasteiger partial charge >= 0.3 is 0 Å². The number of hydrogen-bond acceptors (Lipinski definition) is 3. The number of Topliss-reactive ketones (excluding diaryl/α,β-unsaturated/α-hetero) is 1. The van der Waals surface area contributed by atoms with Gasteiger partial charge in [-0.1, -0.05) is 27.7 Å². The molecule has 4 unspecified atom stereocenters. The van der Waals surface area contributed by atoms with Gasteiger partial charge in [0.05, 0.1) is 0 Å². The molecule has 4 saturated carbocycles. The van der Waals surface area contributed by atoms with Gasteiger partial charge < -0.3 is 4.74 Å². The molecular formula is C23H36O3. The maximum Gasteiger partial charge on any atom is 0.293 e. The number of hydrogen-bond donors (Lipinski definition) is 0. The molecule has 0 aliphatic heterocycles. The molecule has 3 nitrogen and oxygen atoms in total. The summed E-state index contributed by atoms with van der Waals surface area (Å²) in [6.07, 6.45) is 8.80. The van der Waals surface area contributed by atoms with Crippen LogP contribution in [0.25, 0.3) is 0 Å². The van der Waals surface area contributed by atoms with E-state index in [0.717, 1.165) is 37.5 Å². The van der Waals surface area contributed by atoms with Crippen LogP contribution >= 0.6 is 0 Å². The van der Waals surface area contributed by atoms with Crippen molar-refractivity contribution in [3.63, 3.8) is 0 Å². The van der Waals surface area contributed by atoms with Crippen molar-refractivity contribution in [1.82, 2.24) is 0 Å². The topological polar surface area (TPSA) is 43.4 Å². The number of ether oxygens (including phenoxy) is 1. The van der Waals surface area contributed by atoms with E-state index in [-0.39, 0.29) is 11.5 Å². The Bertz CT molecular complexity index is 584. The van der Waals surface area contributed by atoms with Gasteiger partial charge in [0.2, 0.25) is 0 Å². The van der Waals surface area contributed by atoms with Crippen molar-refractivity contribution in [3.8, 4) is 0 Å². The van der Waals surface area contributed by atoms with E-state index in [4.69, 9.17) is 4.74 Å². The summed E-state index contributed by atoms with van der Waals surface area (Å²) in [5.41, 5.74) is 0.630. The Kier molecular flexibility index (Phi) is 4.51. The van der Waals surface area contributed by atoms with Gasteiger partial charge in [0, 0.05) is 12.3 Å². The molecule has 3 heteroatoms. The summed E-state index contributed by atoms with van der Waals surface area (Å²) in [5.74, 6) is 3.88. The van der Waals surface area contributed by atoms with Crippen LogP contribution in [0.1, 0.15) is 79.1 Å². The first-order valence-electron chi connectivity index (χ1n) is 10.9. The van der Waals surface area contributed by atoms with E-state index in [1.807, 2.05) is 0 Å². The minimum absolute atomic E-state index is 0.0283. The lowest BCUT2D eigenvalue weighted by Crippen LogP contribution is -2.57. The van der Waals surface area contributed by atoms with Gasteiger partial charge in [0.1, 0.15) is 11.9 Å². The lowest BCUT2D eigenvalue weighted by molar-refractivity contribution is -0.164. The van der Waals surface area contributed by atoms with E-state index in [2.05, 4.69) is 27.7 Å². The van der Waals surface area contributed by atoms with Crippen molar-refractivity contribution in [2.24, 2.45) is 46.3 Å². The molecule has 0 amide bonds. The molecule has 146 valence electrons. The molecule has 0 spiro atoms. The third-order valence-corrected chi connectivity index (χ3v) is 9.55. The number of carbonyl (C=O) groups is 2. The average Bonchev–Trinajstić information content (AvgIpc) is 2.94. The second-order valence-corrected chi connectivity index (χ2v) is 10.7. The lowest BCUT2D eigenvalue weighted by atomic mass is 9.44. The van der Waals surface area contributed by atoms with Gasteiger partial charge in [-0.3, -0.25) is 9.59 Å². The monoisotopic (exact) mass is 360 g/mol. The van der Waals surface area contributed by atoms with Crippen LogP contribution in [0.3, 0.4) is 0 Å². The highest BCUT2D eigenvalue weighted by Gasteiger charge is 2.62. The highest BCUT2D eigenvalue weighted by molar-refractivity contribution is 5.83. The van der Waals surface area contributed by atoms with Crippen LogP contribution in [-0.4, -0.2) is 18.4 Å². The molecule has 0 aromatic rings. The van der Waals surface area contributed by atoms with Crippen LogP contribution in [-0.2, 0) is 14.3 Å². The Hall–Kier alpha value is -0.860. The van der Waals surface area contributed by atoms with Crippen molar-refractivity contribution in [2.75, 3.05) is 0 Å². The highest BCUT2D eigenvalue weighted by atomic mass is 16.5. The Balaban J connectivity index is 1.61. The Morgan fingerprint density at radius 2 is 1.73 bits per heavy atom. The third-order valence-electron chi connectivity index (χ3n) is 9.55. The summed E-state index contributed by atoms with van der Waals surface area (Å²) >= 11 is 0. The molecule has 0 aromatic carbocycles. The van der Waals surface area contributed by atoms with E-state index in [1.54, 1.807) is 0 Å². The zero-order valence-corrected chi connectivity index (χ0v) is 17.0. The zero-order valence-electron chi connectivity index (χ0n) is 17.0. The molecule has 4 fully saturated rings. The van der Waals surface area contributed by atoms with Crippen LogP contribution < -0.4 is 0 Å². The quantitative estimate of drug-likeness (QED) is 0.664. The number of fused-ring (bicyclic) bond motifs is 5. The van der Waals surface area contributed by atoms with Crippen molar-refractivity contribution in [2.45, 2.75) is 85.2 Å². The van der Waals surface area contributed by atoms with E-state index < -0.39 is 0 Å². The van der Waals surface area contributed by atoms with Crippen LogP contribution in [0.15, 0.2) is 0 Å². The van der Waals surface area contributed by atoms with E-state index >= 15 is 0 Å². The molecule has 0 bridgehead atoms. The van der Waals surface area contributed by atoms with Crippen LogP contribution in [0, 0.1) is 46.3 Å². The molecule has 0 radical (unpaired) electrons. The largest absolute Gasteiger partial charge is 0.465 e. The van der Waals surface area contributed by atoms with Crippen molar-refractivity contribution in [1.29, 1.82) is 0 Å². The minimum Gasteiger partial charge on any atom is -0.465 e. The molecule has 26 heavy (non-hydrogen) atoms. The second kappa shape index (κ2) is 6.34. The fourth-order valence-corrected chi connectivity index (χ4v) is 8.23. The predicted molar refractivity (Wildman–Crippen MR) is 101 cm³/mol. The average molecular weight is 361 g/mol. The predicted octanol–water partition coefficient (Wildman–Crippen LogP) is 5.02. The summed E-state index contributed by atoms with van der Waals surface area (Å²) in [7, 11) is 0. The smallest absolute Gasteiger partial charge is 0.293 e.